The lowest BCUT2D eigenvalue weighted by Gasteiger charge is -2.32. The second kappa shape index (κ2) is 7.04. The van der Waals surface area contributed by atoms with Gasteiger partial charge in [0.25, 0.3) is 0 Å². The van der Waals surface area contributed by atoms with Crippen molar-refractivity contribution < 1.29 is 32.6 Å². The summed E-state index contributed by atoms with van der Waals surface area (Å²) in [5.74, 6) is -1.76. The summed E-state index contributed by atoms with van der Waals surface area (Å²) in [4.78, 5) is 24.6. The van der Waals surface area contributed by atoms with Gasteiger partial charge in [0.05, 0.1) is 18.8 Å². The number of carbonyl (C=O) groups is 2. The zero-order chi connectivity index (χ0) is 17.9. The predicted molar refractivity (Wildman–Crippen MR) is 79.1 cm³/mol. The fraction of sp³-hybridized carbons (Fsp3) is 0.375. The topological polar surface area (TPSA) is 66.8 Å². The summed E-state index contributed by atoms with van der Waals surface area (Å²) >= 11 is 0. The van der Waals surface area contributed by atoms with Gasteiger partial charge in [-0.2, -0.15) is 13.2 Å². The summed E-state index contributed by atoms with van der Waals surface area (Å²) in [6.45, 7) is 1.72. The number of aliphatic carboxylic acids is 1. The quantitative estimate of drug-likeness (QED) is 0.856. The van der Waals surface area contributed by atoms with Crippen LogP contribution in [-0.4, -0.2) is 47.7 Å². The number of halogens is 3. The molecule has 0 aromatic heterocycles. The summed E-state index contributed by atoms with van der Waals surface area (Å²) in [7, 11) is 0. The minimum absolute atomic E-state index is 0.113. The van der Waals surface area contributed by atoms with Gasteiger partial charge in [0, 0.05) is 12.6 Å². The lowest BCUT2D eigenvalue weighted by atomic mass is 10.0. The van der Waals surface area contributed by atoms with E-state index in [9.17, 15) is 22.8 Å². The molecule has 0 bridgehead atoms. The van der Waals surface area contributed by atoms with E-state index in [1.54, 1.807) is 0 Å². The minimum atomic E-state index is -4.47. The molecule has 5 nitrogen and oxygen atoms in total. The molecule has 1 amide bonds. The van der Waals surface area contributed by atoms with E-state index in [2.05, 4.69) is 0 Å². The second-order valence-electron chi connectivity index (χ2n) is 5.37. The maximum atomic E-state index is 12.8. The Kier molecular flexibility index (Phi) is 5.28. The number of nitrogens with zero attached hydrogens (tertiary/aromatic N) is 1. The summed E-state index contributed by atoms with van der Waals surface area (Å²) < 4.78 is 43.3. The number of amides is 1. The highest BCUT2D eigenvalue weighted by Gasteiger charge is 2.32. The molecular weight excluding hydrogens is 327 g/mol. The number of allylic oxidation sites excluding steroid dienone is 1. The van der Waals surface area contributed by atoms with Gasteiger partial charge in [0.15, 0.2) is 6.04 Å². The molecule has 130 valence electrons. The molecule has 1 aliphatic rings. The highest BCUT2D eigenvalue weighted by molar-refractivity contribution is 5.97. The van der Waals surface area contributed by atoms with Crippen LogP contribution in [0.3, 0.4) is 0 Å². The van der Waals surface area contributed by atoms with E-state index in [4.69, 9.17) is 9.84 Å². The van der Waals surface area contributed by atoms with Gasteiger partial charge in [0.1, 0.15) is 0 Å². The van der Waals surface area contributed by atoms with Crippen LogP contribution in [-0.2, 0) is 20.5 Å². The van der Waals surface area contributed by atoms with E-state index in [0.29, 0.717) is 5.57 Å². The van der Waals surface area contributed by atoms with Crippen LogP contribution in [0.2, 0.25) is 0 Å². The number of carbonyl (C=O) groups excluding carboxylic acids is 1. The molecule has 0 aliphatic carbocycles. The van der Waals surface area contributed by atoms with Crippen molar-refractivity contribution in [2.45, 2.75) is 19.1 Å². The molecule has 24 heavy (non-hydrogen) atoms. The zero-order valence-electron chi connectivity index (χ0n) is 12.8. The Hall–Kier alpha value is -2.35. The molecule has 0 spiro atoms. The fourth-order valence-electron chi connectivity index (χ4n) is 2.36. The zero-order valence-corrected chi connectivity index (χ0v) is 12.8. The van der Waals surface area contributed by atoms with Crippen molar-refractivity contribution in [3.8, 4) is 0 Å². The Bertz CT molecular complexity index is 670. The Balaban J connectivity index is 2.23. The highest BCUT2D eigenvalue weighted by Crippen LogP contribution is 2.31. The standard InChI is InChI=1S/C16H16F3NO4/c1-10(11-3-2-4-12(8-11)16(17,18)19)7-14(21)20-5-6-24-9-13(20)15(22)23/h2-4,7-8,13H,5-6,9H2,1H3,(H,22,23)/b10-7+. The lowest BCUT2D eigenvalue weighted by Crippen LogP contribution is -2.52. The number of benzene rings is 1. The molecule has 1 unspecified atom stereocenters. The van der Waals surface area contributed by atoms with Gasteiger partial charge in [-0.1, -0.05) is 12.1 Å². The molecule has 1 aromatic carbocycles. The summed E-state index contributed by atoms with van der Waals surface area (Å²) in [6, 6.07) is 3.52. The average Bonchev–Trinajstić information content (AvgIpc) is 2.54. The minimum Gasteiger partial charge on any atom is -0.480 e. The summed E-state index contributed by atoms with van der Waals surface area (Å²) in [6.07, 6.45) is -3.32. The smallest absolute Gasteiger partial charge is 0.416 e. The Morgan fingerprint density at radius 2 is 2.08 bits per heavy atom. The maximum absolute atomic E-state index is 12.8. The van der Waals surface area contributed by atoms with Crippen LogP contribution < -0.4 is 0 Å². The third-order valence-electron chi connectivity index (χ3n) is 3.68. The third kappa shape index (κ3) is 4.14. The van der Waals surface area contributed by atoms with Gasteiger partial charge in [-0.3, -0.25) is 4.79 Å². The van der Waals surface area contributed by atoms with Crippen molar-refractivity contribution >= 4 is 17.4 Å². The van der Waals surface area contributed by atoms with Crippen LogP contribution in [0.25, 0.3) is 5.57 Å². The number of rotatable bonds is 3. The monoisotopic (exact) mass is 343 g/mol. The Morgan fingerprint density at radius 3 is 2.71 bits per heavy atom. The van der Waals surface area contributed by atoms with Crippen LogP contribution >= 0.6 is 0 Å². The largest absolute Gasteiger partial charge is 0.480 e. The van der Waals surface area contributed by atoms with Crippen molar-refractivity contribution in [1.82, 2.24) is 4.90 Å². The van der Waals surface area contributed by atoms with Crippen LogP contribution in [0.15, 0.2) is 30.3 Å². The van der Waals surface area contributed by atoms with Crippen molar-refractivity contribution in [2.24, 2.45) is 0 Å². The second-order valence-corrected chi connectivity index (χ2v) is 5.37. The molecule has 0 saturated carbocycles. The number of ether oxygens (including phenoxy) is 1. The van der Waals surface area contributed by atoms with Gasteiger partial charge in [0.2, 0.25) is 5.91 Å². The van der Waals surface area contributed by atoms with Crippen LogP contribution in [0, 0.1) is 0 Å². The van der Waals surface area contributed by atoms with Crippen molar-refractivity contribution in [1.29, 1.82) is 0 Å². The van der Waals surface area contributed by atoms with Gasteiger partial charge < -0.3 is 14.7 Å². The van der Waals surface area contributed by atoms with E-state index in [0.717, 1.165) is 23.1 Å². The fourth-order valence-corrected chi connectivity index (χ4v) is 2.36. The number of morpholine rings is 1. The number of alkyl halides is 3. The van der Waals surface area contributed by atoms with Gasteiger partial charge in [-0.15, -0.1) is 0 Å². The van der Waals surface area contributed by atoms with Gasteiger partial charge in [-0.25, -0.2) is 4.79 Å². The SMILES string of the molecule is C/C(=C\C(=O)N1CCOCC1C(=O)O)c1cccc(C(F)(F)F)c1. The third-order valence-corrected chi connectivity index (χ3v) is 3.68. The van der Waals surface area contributed by atoms with Gasteiger partial charge in [-0.05, 0) is 30.2 Å². The summed E-state index contributed by atoms with van der Waals surface area (Å²) in [5.41, 5.74) is -0.241. The van der Waals surface area contributed by atoms with Crippen molar-refractivity contribution in [3.63, 3.8) is 0 Å². The van der Waals surface area contributed by atoms with E-state index in [1.165, 1.54) is 19.1 Å². The first-order chi connectivity index (χ1) is 11.2. The van der Waals surface area contributed by atoms with Crippen LogP contribution in [0.5, 0.6) is 0 Å². The first-order valence-corrected chi connectivity index (χ1v) is 7.17. The maximum Gasteiger partial charge on any atom is 0.416 e. The molecule has 2 rings (SSSR count). The molecule has 0 radical (unpaired) electrons. The van der Waals surface area contributed by atoms with E-state index >= 15 is 0 Å². The van der Waals surface area contributed by atoms with E-state index in [-0.39, 0.29) is 25.3 Å². The highest BCUT2D eigenvalue weighted by atomic mass is 19.4. The number of hydrogen-bond donors (Lipinski definition) is 1. The molecule has 1 aromatic rings. The number of hydrogen-bond acceptors (Lipinski definition) is 3. The molecule has 1 fully saturated rings. The first-order valence-electron chi connectivity index (χ1n) is 7.17. The van der Waals surface area contributed by atoms with Crippen molar-refractivity contribution in [2.75, 3.05) is 19.8 Å². The first kappa shape index (κ1) is 18.0. The average molecular weight is 343 g/mol. The molecule has 1 heterocycles. The van der Waals surface area contributed by atoms with E-state index in [1.807, 2.05) is 0 Å². The Labute approximate surface area is 136 Å². The normalized spacial score (nSPS) is 19.2. The van der Waals surface area contributed by atoms with Gasteiger partial charge >= 0.3 is 12.1 Å². The molecule has 8 heteroatoms. The molecule has 1 saturated heterocycles. The lowest BCUT2D eigenvalue weighted by molar-refractivity contribution is -0.156. The molecule has 1 N–H and O–H groups in total. The number of carboxylic acid groups (broad SMARTS) is 1. The number of carboxylic acids is 1. The molecule has 1 atom stereocenters. The van der Waals surface area contributed by atoms with E-state index < -0.39 is 29.7 Å². The van der Waals surface area contributed by atoms with Crippen LogP contribution in [0.4, 0.5) is 13.2 Å². The summed E-state index contributed by atoms with van der Waals surface area (Å²) in [5, 5.41) is 9.12. The predicted octanol–water partition coefficient (Wildman–Crippen LogP) is 2.42. The van der Waals surface area contributed by atoms with Crippen LogP contribution in [0.1, 0.15) is 18.1 Å². The molecule has 1 aliphatic heterocycles. The Morgan fingerprint density at radius 1 is 1.38 bits per heavy atom. The molecular formula is C16H16F3NO4. The van der Waals surface area contributed by atoms with Crippen molar-refractivity contribution in [3.05, 3.63) is 41.5 Å².